The van der Waals surface area contributed by atoms with Crippen LogP contribution in [0.3, 0.4) is 0 Å². The third-order valence-corrected chi connectivity index (χ3v) is 10.0. The Hall–Kier alpha value is -2.85. The molecule has 188 valence electrons. The smallest absolute Gasteiger partial charge is 0.297 e. The fourth-order valence-corrected chi connectivity index (χ4v) is 7.73. The van der Waals surface area contributed by atoms with Crippen molar-refractivity contribution in [2.24, 2.45) is 16.7 Å². The molecule has 2 aromatic heterocycles. The molecule has 5 fully saturated rings. The van der Waals surface area contributed by atoms with Crippen molar-refractivity contribution in [2.45, 2.75) is 62.0 Å². The molecule has 5 saturated carbocycles. The molecule has 2 heterocycles. The lowest BCUT2D eigenvalue weighted by Gasteiger charge is -2.59. The van der Waals surface area contributed by atoms with Crippen molar-refractivity contribution in [3.63, 3.8) is 0 Å². The lowest BCUT2D eigenvalue weighted by molar-refractivity contribution is -0.162. The molecule has 0 aliphatic heterocycles. The first kappa shape index (κ1) is 22.4. The predicted molar refractivity (Wildman–Crippen MR) is 128 cm³/mol. The molecule has 2 N–H and O–H groups in total. The molecular weight excluding hydrogens is 506 g/mol. The zero-order valence-electron chi connectivity index (χ0n) is 19.3. The van der Waals surface area contributed by atoms with Gasteiger partial charge in [-0.1, -0.05) is 11.6 Å². The van der Waals surface area contributed by atoms with Crippen LogP contribution in [0.15, 0.2) is 44.3 Å². The van der Waals surface area contributed by atoms with Gasteiger partial charge < -0.3 is 14.2 Å². The van der Waals surface area contributed by atoms with Crippen molar-refractivity contribution < 1.29 is 26.8 Å². The summed E-state index contributed by atoms with van der Waals surface area (Å²) in [5.41, 5.74) is 1.13. The first-order valence-electron chi connectivity index (χ1n) is 12.2. The molecular formula is C25H24ClN3O6S. The Balaban J connectivity index is 0.926. The van der Waals surface area contributed by atoms with E-state index in [4.69, 9.17) is 20.4 Å². The fourth-order valence-electron chi connectivity index (χ4n) is 6.55. The van der Waals surface area contributed by atoms with Crippen LogP contribution in [-0.4, -0.2) is 31.3 Å². The van der Waals surface area contributed by atoms with Crippen LogP contribution in [0.25, 0.3) is 11.1 Å². The molecule has 36 heavy (non-hydrogen) atoms. The maximum Gasteiger partial charge on any atom is 0.297 e. The highest BCUT2D eigenvalue weighted by Crippen LogP contribution is 2.64. The molecule has 5 aliphatic carbocycles. The van der Waals surface area contributed by atoms with Crippen molar-refractivity contribution in [2.75, 3.05) is 0 Å². The maximum atomic E-state index is 12.6. The van der Waals surface area contributed by atoms with Crippen LogP contribution in [0.5, 0.6) is 0 Å². The Morgan fingerprint density at radius 3 is 2.44 bits per heavy atom. The molecule has 1 spiro atoms. The van der Waals surface area contributed by atoms with Gasteiger partial charge in [-0.3, -0.25) is 9.59 Å². The Morgan fingerprint density at radius 2 is 1.75 bits per heavy atom. The monoisotopic (exact) mass is 529 g/mol. The quantitative estimate of drug-likeness (QED) is 0.490. The zero-order valence-corrected chi connectivity index (χ0v) is 20.8. The summed E-state index contributed by atoms with van der Waals surface area (Å²) in [6.07, 6.45) is 5.81. The van der Waals surface area contributed by atoms with Gasteiger partial charge in [0.15, 0.2) is 17.2 Å². The SMILES string of the molecule is O=C(NC1CC2(C1)CC(c1nc3cc(Cl)ccc3o1)C2)c1ccc(S(=O)(=O)NC(=O)C23CC(C2)C3)o1. The first-order chi connectivity index (χ1) is 17.1. The predicted octanol–water partition coefficient (Wildman–Crippen LogP) is 4.14. The van der Waals surface area contributed by atoms with Crippen LogP contribution in [-0.2, 0) is 14.8 Å². The second-order valence-electron chi connectivity index (χ2n) is 11.2. The Labute approximate surface area is 212 Å². The average Bonchev–Trinajstić information content (AvgIpc) is 3.32. The minimum Gasteiger partial charge on any atom is -0.440 e. The Morgan fingerprint density at radius 1 is 1.00 bits per heavy atom. The molecule has 9 nitrogen and oxygen atoms in total. The van der Waals surface area contributed by atoms with Crippen LogP contribution < -0.4 is 10.0 Å². The van der Waals surface area contributed by atoms with Gasteiger partial charge >= 0.3 is 0 Å². The summed E-state index contributed by atoms with van der Waals surface area (Å²) in [5.74, 6) is 0.504. The summed E-state index contributed by atoms with van der Waals surface area (Å²) in [6, 6.07) is 7.93. The number of halogens is 1. The Kier molecular flexibility index (Phi) is 4.56. The number of rotatable bonds is 6. The van der Waals surface area contributed by atoms with Crippen molar-refractivity contribution >= 4 is 44.5 Å². The third-order valence-electron chi connectivity index (χ3n) is 8.59. The van der Waals surface area contributed by atoms with Crippen molar-refractivity contribution in [1.82, 2.24) is 15.0 Å². The number of amides is 2. The molecule has 0 saturated heterocycles. The number of nitrogens with one attached hydrogen (secondary N) is 2. The molecule has 0 unspecified atom stereocenters. The minimum atomic E-state index is -4.15. The summed E-state index contributed by atoms with van der Waals surface area (Å²) < 4.78 is 38.4. The molecule has 2 bridgehead atoms. The van der Waals surface area contributed by atoms with E-state index in [2.05, 4.69) is 15.0 Å². The van der Waals surface area contributed by atoms with Crippen LogP contribution in [0.4, 0.5) is 0 Å². The number of oxazole rings is 1. The van der Waals surface area contributed by atoms with Gasteiger partial charge in [0.2, 0.25) is 11.0 Å². The molecule has 11 heteroatoms. The van der Waals surface area contributed by atoms with Crippen molar-refractivity contribution in [1.29, 1.82) is 0 Å². The number of fused-ring (bicyclic) bond motifs is 1. The highest BCUT2D eigenvalue weighted by molar-refractivity contribution is 7.89. The second kappa shape index (κ2) is 7.35. The number of hydrogen-bond donors (Lipinski definition) is 2. The summed E-state index contributed by atoms with van der Waals surface area (Å²) >= 11 is 6.03. The summed E-state index contributed by atoms with van der Waals surface area (Å²) in [6.45, 7) is 0. The van der Waals surface area contributed by atoms with E-state index in [9.17, 15) is 18.0 Å². The van der Waals surface area contributed by atoms with Gasteiger partial charge in [0.25, 0.3) is 15.9 Å². The number of hydrogen-bond acceptors (Lipinski definition) is 7. The highest BCUT2D eigenvalue weighted by atomic mass is 35.5. The lowest BCUT2D eigenvalue weighted by Crippen LogP contribution is -2.61. The number of benzene rings is 1. The van der Waals surface area contributed by atoms with E-state index in [1.54, 1.807) is 12.1 Å². The molecule has 0 atom stereocenters. The molecule has 0 radical (unpaired) electrons. The van der Waals surface area contributed by atoms with Gasteiger partial charge in [0, 0.05) is 17.0 Å². The largest absolute Gasteiger partial charge is 0.440 e. The van der Waals surface area contributed by atoms with Gasteiger partial charge in [-0.05, 0) is 86.6 Å². The maximum absolute atomic E-state index is 12.6. The topological polar surface area (TPSA) is 132 Å². The van der Waals surface area contributed by atoms with E-state index in [0.29, 0.717) is 10.9 Å². The fraction of sp³-hybridized carbons (Fsp3) is 0.480. The molecule has 2 amide bonds. The van der Waals surface area contributed by atoms with Gasteiger partial charge in [-0.15, -0.1) is 0 Å². The standard InChI is InChI=1S/C25H24ClN3O6S/c26-15-1-2-18-17(5-15)28-22(35-18)14-9-24(10-14)11-16(12-24)27-21(30)19-3-4-20(34-19)36(32,33)29-23(31)25-6-13(7-25)8-25/h1-5,13-14,16H,6-12H2,(H,27,30)(H,29,31). The summed E-state index contributed by atoms with van der Waals surface area (Å²) in [5, 5.41) is 3.12. The van der Waals surface area contributed by atoms with E-state index >= 15 is 0 Å². The zero-order chi connectivity index (χ0) is 24.9. The number of nitrogens with zero attached hydrogens (tertiary/aromatic N) is 1. The van der Waals surface area contributed by atoms with E-state index in [0.717, 1.165) is 61.9 Å². The molecule has 5 aliphatic rings. The van der Waals surface area contributed by atoms with Gasteiger partial charge in [0.05, 0.1) is 5.41 Å². The molecule has 1 aromatic carbocycles. The summed E-state index contributed by atoms with van der Waals surface area (Å²) in [7, 11) is -4.15. The van der Waals surface area contributed by atoms with E-state index < -0.39 is 32.3 Å². The van der Waals surface area contributed by atoms with E-state index in [1.165, 1.54) is 12.1 Å². The highest BCUT2D eigenvalue weighted by Gasteiger charge is 2.62. The van der Waals surface area contributed by atoms with Crippen LogP contribution in [0.1, 0.15) is 67.3 Å². The van der Waals surface area contributed by atoms with E-state index in [-0.39, 0.29) is 23.1 Å². The summed E-state index contributed by atoms with van der Waals surface area (Å²) in [4.78, 5) is 29.6. The van der Waals surface area contributed by atoms with E-state index in [1.807, 2.05) is 6.07 Å². The van der Waals surface area contributed by atoms with Crippen LogP contribution in [0.2, 0.25) is 5.02 Å². The number of sulfonamides is 1. The Bertz CT molecular complexity index is 1510. The third kappa shape index (κ3) is 3.41. The van der Waals surface area contributed by atoms with Crippen molar-refractivity contribution in [3.8, 4) is 0 Å². The average molecular weight is 530 g/mol. The second-order valence-corrected chi connectivity index (χ2v) is 13.2. The number of carbonyl (C=O) groups is 2. The minimum absolute atomic E-state index is 0.00460. The number of aromatic nitrogens is 1. The number of furan rings is 1. The number of carbonyl (C=O) groups excluding carboxylic acids is 2. The lowest BCUT2D eigenvalue weighted by atomic mass is 9.44. The van der Waals surface area contributed by atoms with Crippen molar-refractivity contribution in [3.05, 3.63) is 47.0 Å². The van der Waals surface area contributed by atoms with Gasteiger partial charge in [-0.25, -0.2) is 9.71 Å². The molecule has 8 rings (SSSR count). The van der Waals surface area contributed by atoms with Gasteiger partial charge in [0.1, 0.15) is 5.52 Å². The van der Waals surface area contributed by atoms with Crippen LogP contribution in [0, 0.1) is 16.7 Å². The molecule has 3 aromatic rings. The normalized spacial score (nSPS) is 32.2. The first-order valence-corrected chi connectivity index (χ1v) is 14.0. The van der Waals surface area contributed by atoms with Crippen LogP contribution >= 0.6 is 11.6 Å². The van der Waals surface area contributed by atoms with Gasteiger partial charge in [-0.2, -0.15) is 8.42 Å².